The number of alkyl halides is 3. The Kier molecular flexibility index (Phi) is 6.76. The van der Waals surface area contributed by atoms with Crippen LogP contribution in [0.25, 0.3) is 11.5 Å². The molecule has 1 fully saturated rings. The highest BCUT2D eigenvalue weighted by atomic mass is 19.4. The van der Waals surface area contributed by atoms with Gasteiger partial charge in [-0.25, -0.2) is 4.98 Å². The second-order valence-electron chi connectivity index (χ2n) is 9.27. The lowest BCUT2D eigenvalue weighted by Crippen LogP contribution is -2.37. The predicted molar refractivity (Wildman–Crippen MR) is 140 cm³/mol. The van der Waals surface area contributed by atoms with Gasteiger partial charge in [-0.15, -0.1) is 5.10 Å². The summed E-state index contributed by atoms with van der Waals surface area (Å²) in [6.45, 7) is 1.41. The van der Waals surface area contributed by atoms with E-state index in [0.717, 1.165) is 22.8 Å². The van der Waals surface area contributed by atoms with E-state index in [1.54, 1.807) is 4.90 Å². The molecule has 1 atom stereocenters. The lowest BCUT2D eigenvalue weighted by Gasteiger charge is -2.29. The fraction of sp³-hybridized carbons (Fsp3) is 0.250. The van der Waals surface area contributed by atoms with Gasteiger partial charge in [0.05, 0.1) is 24.5 Å². The minimum absolute atomic E-state index is 0.0400. The number of carbonyl (C=O) groups is 1. The van der Waals surface area contributed by atoms with Gasteiger partial charge in [-0.3, -0.25) is 9.79 Å². The van der Waals surface area contributed by atoms with Gasteiger partial charge in [0.1, 0.15) is 11.5 Å². The van der Waals surface area contributed by atoms with Crippen LogP contribution in [-0.4, -0.2) is 59.1 Å². The number of halogens is 3. The molecule has 1 N–H and O–H groups in total. The Hall–Kier alpha value is -4.58. The third kappa shape index (κ3) is 5.17. The quantitative estimate of drug-likeness (QED) is 0.392. The molecule has 4 aromatic rings. The molecule has 4 heterocycles. The molecular weight excluding hydrogens is 525 g/mol. The third-order valence-corrected chi connectivity index (χ3v) is 6.64. The predicted octanol–water partition coefficient (Wildman–Crippen LogP) is 4.39. The number of aromatic nitrogens is 3. The van der Waals surface area contributed by atoms with Crippen molar-refractivity contribution in [2.24, 2.45) is 4.99 Å². The molecule has 2 aromatic carbocycles. The fourth-order valence-electron chi connectivity index (χ4n) is 4.70. The molecule has 2 aliphatic heterocycles. The maximum Gasteiger partial charge on any atom is 0.433 e. The molecule has 2 aliphatic rings. The zero-order valence-corrected chi connectivity index (χ0v) is 21.1. The standard InChI is InChI=1S/C28H23F3N6O3/c29-28(30,31)22-11-10-20(25(32-22)37-12-14-39-15-13-37)26-35-36-27(40-26)34-24-21(38)16-18-8-4-5-9-19(18)23(33-24)17-6-2-1-3-7-17/h1-11,24H,12-16H2,(H,34,36)/t24-/m1/s1. The number of hydrogen-bond donors (Lipinski definition) is 1. The van der Waals surface area contributed by atoms with Crippen molar-refractivity contribution in [3.05, 3.63) is 89.1 Å². The van der Waals surface area contributed by atoms with Gasteiger partial charge < -0.3 is 19.4 Å². The van der Waals surface area contributed by atoms with Gasteiger partial charge >= 0.3 is 12.2 Å². The molecule has 0 aliphatic carbocycles. The van der Waals surface area contributed by atoms with E-state index in [9.17, 15) is 18.0 Å². The first-order valence-electron chi connectivity index (χ1n) is 12.6. The lowest BCUT2D eigenvalue weighted by atomic mass is 9.96. The smallest absolute Gasteiger partial charge is 0.403 e. The van der Waals surface area contributed by atoms with Crippen LogP contribution in [0.5, 0.6) is 0 Å². The number of nitrogens with zero attached hydrogens (tertiary/aromatic N) is 5. The molecule has 6 rings (SSSR count). The van der Waals surface area contributed by atoms with Crippen molar-refractivity contribution in [3.63, 3.8) is 0 Å². The van der Waals surface area contributed by atoms with Crippen LogP contribution in [0, 0.1) is 0 Å². The monoisotopic (exact) mass is 548 g/mol. The van der Waals surface area contributed by atoms with Crippen LogP contribution in [0.4, 0.5) is 25.0 Å². The first kappa shape index (κ1) is 25.7. The second kappa shape index (κ2) is 10.5. The molecule has 12 heteroatoms. The molecule has 0 bridgehead atoms. The van der Waals surface area contributed by atoms with Crippen molar-refractivity contribution in [1.29, 1.82) is 0 Å². The zero-order valence-electron chi connectivity index (χ0n) is 21.1. The number of nitrogens with one attached hydrogen (secondary N) is 1. The molecule has 2 aromatic heterocycles. The van der Waals surface area contributed by atoms with Gasteiger partial charge in [0.15, 0.2) is 11.9 Å². The number of fused-ring (bicyclic) bond motifs is 1. The Bertz CT molecular complexity index is 1570. The summed E-state index contributed by atoms with van der Waals surface area (Å²) in [5, 5.41) is 11.0. The number of aliphatic imine (C=N–C) groups is 1. The number of ether oxygens (including phenoxy) is 1. The summed E-state index contributed by atoms with van der Waals surface area (Å²) in [5.41, 5.74) is 2.39. The highest BCUT2D eigenvalue weighted by Crippen LogP contribution is 2.35. The number of anilines is 2. The van der Waals surface area contributed by atoms with Crippen molar-refractivity contribution in [2.75, 3.05) is 36.5 Å². The number of rotatable bonds is 5. The second-order valence-corrected chi connectivity index (χ2v) is 9.27. The first-order chi connectivity index (χ1) is 19.4. The maximum atomic E-state index is 13.4. The first-order valence-corrected chi connectivity index (χ1v) is 12.6. The van der Waals surface area contributed by atoms with Gasteiger partial charge in [-0.05, 0) is 17.7 Å². The van der Waals surface area contributed by atoms with Crippen molar-refractivity contribution >= 4 is 23.3 Å². The minimum Gasteiger partial charge on any atom is -0.403 e. The molecular formula is C28H23F3N6O3. The molecule has 1 saturated heterocycles. The fourth-order valence-corrected chi connectivity index (χ4v) is 4.70. The van der Waals surface area contributed by atoms with E-state index in [-0.39, 0.29) is 35.5 Å². The van der Waals surface area contributed by atoms with Crippen molar-refractivity contribution in [2.45, 2.75) is 18.8 Å². The van der Waals surface area contributed by atoms with Crippen molar-refractivity contribution in [1.82, 2.24) is 15.2 Å². The number of hydrogen-bond acceptors (Lipinski definition) is 9. The van der Waals surface area contributed by atoms with Gasteiger partial charge in [-0.1, -0.05) is 59.7 Å². The Morgan fingerprint density at radius 1 is 0.900 bits per heavy atom. The zero-order chi connectivity index (χ0) is 27.7. The number of ketones is 1. The number of benzene rings is 2. The van der Waals surface area contributed by atoms with E-state index < -0.39 is 18.0 Å². The van der Waals surface area contributed by atoms with Crippen LogP contribution >= 0.6 is 0 Å². The Balaban J connectivity index is 1.34. The maximum absolute atomic E-state index is 13.4. The van der Waals surface area contributed by atoms with E-state index in [0.29, 0.717) is 32.0 Å². The van der Waals surface area contributed by atoms with Gasteiger partial charge in [0.2, 0.25) is 0 Å². The third-order valence-electron chi connectivity index (χ3n) is 6.64. The lowest BCUT2D eigenvalue weighted by molar-refractivity contribution is -0.141. The average Bonchev–Trinajstić information content (AvgIpc) is 3.38. The molecule has 0 radical (unpaired) electrons. The van der Waals surface area contributed by atoms with E-state index in [4.69, 9.17) is 14.1 Å². The summed E-state index contributed by atoms with van der Waals surface area (Å²) in [4.78, 5) is 23.5. The van der Waals surface area contributed by atoms with E-state index >= 15 is 0 Å². The normalized spacial score (nSPS) is 17.7. The van der Waals surface area contributed by atoms with Crippen LogP contribution in [0.3, 0.4) is 0 Å². The summed E-state index contributed by atoms with van der Waals surface area (Å²) in [6, 6.07) is 19.1. The molecule has 0 amide bonds. The van der Waals surface area contributed by atoms with Crippen LogP contribution in [0.1, 0.15) is 22.4 Å². The SMILES string of the molecule is O=C1Cc2ccccc2C(c2ccccc2)=N[C@@H]1Nc1nnc(-c2ccc(C(F)(F)F)nc2N2CCOCC2)o1. The van der Waals surface area contributed by atoms with Gasteiger partial charge in [-0.2, -0.15) is 13.2 Å². The van der Waals surface area contributed by atoms with Gasteiger partial charge in [0, 0.05) is 30.6 Å². The topological polar surface area (TPSA) is 106 Å². The minimum atomic E-state index is -4.62. The Labute approximate surface area is 226 Å². The van der Waals surface area contributed by atoms with Crippen LogP contribution < -0.4 is 10.2 Å². The summed E-state index contributed by atoms with van der Waals surface area (Å²) in [5.74, 6) is -0.177. The number of morpholine rings is 1. The molecule has 9 nitrogen and oxygen atoms in total. The van der Waals surface area contributed by atoms with E-state index in [1.165, 1.54) is 6.07 Å². The number of pyridine rings is 1. The molecule has 0 spiro atoms. The highest BCUT2D eigenvalue weighted by molar-refractivity contribution is 6.16. The number of Topliss-reactive ketones (excluding diaryl/α,β-unsaturated/α-hetero) is 1. The Morgan fingerprint density at radius 3 is 2.42 bits per heavy atom. The molecule has 0 unspecified atom stereocenters. The molecule has 0 saturated carbocycles. The van der Waals surface area contributed by atoms with Crippen molar-refractivity contribution in [3.8, 4) is 11.5 Å². The summed E-state index contributed by atoms with van der Waals surface area (Å²) < 4.78 is 51.5. The van der Waals surface area contributed by atoms with Crippen molar-refractivity contribution < 1.29 is 27.1 Å². The van der Waals surface area contributed by atoms with Crippen LogP contribution in [-0.2, 0) is 22.1 Å². The molecule has 204 valence electrons. The average molecular weight is 549 g/mol. The van der Waals surface area contributed by atoms with E-state index in [2.05, 4.69) is 20.5 Å². The van der Waals surface area contributed by atoms with Crippen LogP contribution in [0.2, 0.25) is 0 Å². The highest BCUT2D eigenvalue weighted by Gasteiger charge is 2.35. The van der Waals surface area contributed by atoms with Crippen LogP contribution in [0.15, 0.2) is 76.1 Å². The Morgan fingerprint density at radius 2 is 1.65 bits per heavy atom. The summed E-state index contributed by atoms with van der Waals surface area (Å²) in [7, 11) is 0. The summed E-state index contributed by atoms with van der Waals surface area (Å²) in [6.07, 6.45) is -5.51. The number of carbonyl (C=O) groups excluding carboxylic acids is 1. The van der Waals surface area contributed by atoms with Gasteiger partial charge in [0.25, 0.3) is 5.89 Å². The molecule has 40 heavy (non-hydrogen) atoms. The summed E-state index contributed by atoms with van der Waals surface area (Å²) >= 11 is 0. The largest absolute Gasteiger partial charge is 0.433 e. The van der Waals surface area contributed by atoms with E-state index in [1.807, 2.05) is 54.6 Å².